The molecule has 0 aliphatic carbocycles. The van der Waals surface area contributed by atoms with Gasteiger partial charge < -0.3 is 4.57 Å². The van der Waals surface area contributed by atoms with Crippen LogP contribution < -0.4 is 0 Å². The molecule has 0 N–H and O–H groups in total. The number of imidazole rings is 1. The van der Waals surface area contributed by atoms with E-state index in [1.54, 1.807) is 13.0 Å². The van der Waals surface area contributed by atoms with Crippen molar-refractivity contribution < 1.29 is 4.39 Å². The Labute approximate surface area is 92.7 Å². The van der Waals surface area contributed by atoms with Crippen molar-refractivity contribution >= 4 is 22.6 Å². The lowest BCUT2D eigenvalue weighted by molar-refractivity contribution is 0.620. The van der Waals surface area contributed by atoms with Gasteiger partial charge in [0, 0.05) is 13.1 Å². The van der Waals surface area contributed by atoms with Crippen LogP contribution in [0.4, 0.5) is 4.39 Å². The number of hydrogen-bond donors (Lipinski definition) is 0. The van der Waals surface area contributed by atoms with E-state index in [4.69, 9.17) is 11.6 Å². The van der Waals surface area contributed by atoms with Crippen molar-refractivity contribution in [3.63, 3.8) is 0 Å². The van der Waals surface area contributed by atoms with Gasteiger partial charge in [-0.3, -0.25) is 0 Å². The Morgan fingerprint density at radius 3 is 2.73 bits per heavy atom. The third kappa shape index (κ3) is 1.61. The number of rotatable bonds is 1. The summed E-state index contributed by atoms with van der Waals surface area (Å²) in [6, 6.07) is 3.24. The molecule has 0 aliphatic heterocycles. The molecule has 0 bridgehead atoms. The SMILES string of the molecule is Cc1cc2c(cc1F)nc(C(C)Cl)n2C. The van der Waals surface area contributed by atoms with Gasteiger partial charge in [-0.15, -0.1) is 11.6 Å². The summed E-state index contributed by atoms with van der Waals surface area (Å²) < 4.78 is 15.2. The van der Waals surface area contributed by atoms with E-state index < -0.39 is 0 Å². The molecule has 4 heteroatoms. The maximum Gasteiger partial charge on any atom is 0.128 e. The van der Waals surface area contributed by atoms with E-state index in [0.717, 1.165) is 11.3 Å². The first-order valence-corrected chi connectivity index (χ1v) is 5.21. The second-order valence-electron chi connectivity index (χ2n) is 3.74. The van der Waals surface area contributed by atoms with E-state index in [2.05, 4.69) is 4.98 Å². The first kappa shape index (κ1) is 10.4. The third-order valence-electron chi connectivity index (χ3n) is 2.55. The molecule has 1 heterocycles. The average molecular weight is 227 g/mol. The summed E-state index contributed by atoms with van der Waals surface area (Å²) in [5.41, 5.74) is 2.19. The summed E-state index contributed by atoms with van der Waals surface area (Å²) in [6.07, 6.45) is 0. The molecule has 0 fully saturated rings. The maximum absolute atomic E-state index is 13.3. The molecule has 2 nitrogen and oxygen atoms in total. The number of aromatic nitrogens is 2. The minimum Gasteiger partial charge on any atom is -0.330 e. The van der Waals surface area contributed by atoms with Gasteiger partial charge in [0.05, 0.1) is 16.4 Å². The topological polar surface area (TPSA) is 17.8 Å². The van der Waals surface area contributed by atoms with Gasteiger partial charge in [0.25, 0.3) is 0 Å². The number of halogens is 2. The average Bonchev–Trinajstić information content (AvgIpc) is 2.46. The molecular weight excluding hydrogens is 215 g/mol. The normalized spacial score (nSPS) is 13.4. The van der Waals surface area contributed by atoms with E-state index in [1.165, 1.54) is 6.07 Å². The summed E-state index contributed by atoms with van der Waals surface area (Å²) in [5.74, 6) is 0.533. The van der Waals surface area contributed by atoms with E-state index in [1.807, 2.05) is 18.5 Å². The molecule has 2 rings (SSSR count). The fourth-order valence-electron chi connectivity index (χ4n) is 1.69. The lowest BCUT2D eigenvalue weighted by Gasteiger charge is -2.03. The molecule has 0 aliphatic rings. The van der Waals surface area contributed by atoms with Crippen LogP contribution in [0.15, 0.2) is 12.1 Å². The Morgan fingerprint density at radius 1 is 1.47 bits per heavy atom. The van der Waals surface area contributed by atoms with Crippen LogP contribution in [0.3, 0.4) is 0 Å². The number of nitrogens with zero attached hydrogens (tertiary/aromatic N) is 2. The molecule has 15 heavy (non-hydrogen) atoms. The zero-order valence-electron chi connectivity index (χ0n) is 8.88. The Balaban J connectivity index is 2.77. The zero-order valence-corrected chi connectivity index (χ0v) is 9.64. The number of benzene rings is 1. The molecule has 0 radical (unpaired) electrons. The number of hydrogen-bond acceptors (Lipinski definition) is 1. The summed E-state index contributed by atoms with van der Waals surface area (Å²) in [6.45, 7) is 3.59. The smallest absolute Gasteiger partial charge is 0.128 e. The minimum absolute atomic E-state index is 0.175. The molecule has 1 aromatic carbocycles. The van der Waals surface area contributed by atoms with Gasteiger partial charge in [-0.2, -0.15) is 0 Å². The summed E-state index contributed by atoms with van der Waals surface area (Å²) >= 11 is 5.98. The molecule has 0 saturated carbocycles. The highest BCUT2D eigenvalue weighted by molar-refractivity contribution is 6.20. The van der Waals surface area contributed by atoms with E-state index in [-0.39, 0.29) is 11.2 Å². The van der Waals surface area contributed by atoms with Crippen molar-refractivity contribution in [1.29, 1.82) is 0 Å². The van der Waals surface area contributed by atoms with Crippen molar-refractivity contribution in [3.05, 3.63) is 29.3 Å². The lowest BCUT2D eigenvalue weighted by atomic mass is 10.2. The van der Waals surface area contributed by atoms with Gasteiger partial charge in [-0.1, -0.05) is 0 Å². The Bertz CT molecular complexity index is 517. The van der Waals surface area contributed by atoms with Crippen LogP contribution >= 0.6 is 11.6 Å². The molecule has 1 aromatic heterocycles. The highest BCUT2D eigenvalue weighted by atomic mass is 35.5. The Hall–Kier alpha value is -1.09. The zero-order chi connectivity index (χ0) is 11.2. The monoisotopic (exact) mass is 226 g/mol. The fourth-order valence-corrected chi connectivity index (χ4v) is 1.89. The number of aryl methyl sites for hydroxylation is 2. The van der Waals surface area contributed by atoms with E-state index in [0.29, 0.717) is 11.1 Å². The summed E-state index contributed by atoms with van der Waals surface area (Å²) in [4.78, 5) is 4.30. The van der Waals surface area contributed by atoms with Gasteiger partial charge in [0.2, 0.25) is 0 Å². The van der Waals surface area contributed by atoms with Gasteiger partial charge in [0.15, 0.2) is 0 Å². The van der Waals surface area contributed by atoms with Gasteiger partial charge >= 0.3 is 0 Å². The second-order valence-corrected chi connectivity index (χ2v) is 4.39. The predicted molar refractivity (Wildman–Crippen MR) is 59.7 cm³/mol. The molecule has 1 unspecified atom stereocenters. The van der Waals surface area contributed by atoms with Crippen LogP contribution in [0, 0.1) is 12.7 Å². The quantitative estimate of drug-likeness (QED) is 0.682. The molecule has 0 saturated heterocycles. The molecule has 0 spiro atoms. The number of alkyl halides is 1. The molecule has 2 aromatic rings. The Kier molecular flexibility index (Phi) is 2.43. The van der Waals surface area contributed by atoms with Crippen LogP contribution in [-0.4, -0.2) is 9.55 Å². The van der Waals surface area contributed by atoms with E-state index >= 15 is 0 Å². The summed E-state index contributed by atoms with van der Waals surface area (Å²) in [5, 5.41) is -0.175. The summed E-state index contributed by atoms with van der Waals surface area (Å²) in [7, 11) is 1.89. The second kappa shape index (κ2) is 3.49. The van der Waals surface area contributed by atoms with Crippen LogP contribution in [-0.2, 0) is 7.05 Å². The van der Waals surface area contributed by atoms with Crippen molar-refractivity contribution in [3.8, 4) is 0 Å². The van der Waals surface area contributed by atoms with Crippen LogP contribution in [0.2, 0.25) is 0 Å². The van der Waals surface area contributed by atoms with Crippen molar-refractivity contribution in [2.75, 3.05) is 0 Å². The van der Waals surface area contributed by atoms with Crippen LogP contribution in [0.1, 0.15) is 23.7 Å². The van der Waals surface area contributed by atoms with E-state index in [9.17, 15) is 4.39 Å². The first-order valence-electron chi connectivity index (χ1n) is 4.77. The minimum atomic E-state index is -0.227. The number of fused-ring (bicyclic) bond motifs is 1. The van der Waals surface area contributed by atoms with Crippen LogP contribution in [0.25, 0.3) is 11.0 Å². The molecule has 0 amide bonds. The molecular formula is C11H12ClFN2. The van der Waals surface area contributed by atoms with Gasteiger partial charge in [-0.05, 0) is 25.5 Å². The predicted octanol–water partition coefficient (Wildman–Crippen LogP) is 3.32. The standard InChI is InChI=1S/C11H12ClFN2/c1-6-4-10-9(5-8(6)13)14-11(7(2)12)15(10)3/h4-5,7H,1-3H3. The highest BCUT2D eigenvalue weighted by Crippen LogP contribution is 2.24. The maximum atomic E-state index is 13.3. The highest BCUT2D eigenvalue weighted by Gasteiger charge is 2.13. The van der Waals surface area contributed by atoms with Gasteiger partial charge in [-0.25, -0.2) is 9.37 Å². The van der Waals surface area contributed by atoms with Crippen molar-refractivity contribution in [2.24, 2.45) is 7.05 Å². The van der Waals surface area contributed by atoms with Crippen molar-refractivity contribution in [2.45, 2.75) is 19.2 Å². The first-order chi connectivity index (χ1) is 7.00. The lowest BCUT2D eigenvalue weighted by Crippen LogP contribution is -1.97. The Morgan fingerprint density at radius 2 is 2.13 bits per heavy atom. The van der Waals surface area contributed by atoms with Gasteiger partial charge in [0.1, 0.15) is 11.6 Å². The van der Waals surface area contributed by atoms with Crippen LogP contribution in [0.5, 0.6) is 0 Å². The third-order valence-corrected chi connectivity index (χ3v) is 2.75. The van der Waals surface area contributed by atoms with Crippen molar-refractivity contribution in [1.82, 2.24) is 9.55 Å². The molecule has 1 atom stereocenters. The largest absolute Gasteiger partial charge is 0.330 e. The fraction of sp³-hybridized carbons (Fsp3) is 0.364. The molecule has 80 valence electrons.